The summed E-state index contributed by atoms with van der Waals surface area (Å²) < 4.78 is 7.39. The van der Waals surface area contributed by atoms with Gasteiger partial charge in [-0.2, -0.15) is 5.10 Å². The zero-order chi connectivity index (χ0) is 14.8. The Morgan fingerprint density at radius 1 is 1.52 bits per heavy atom. The second-order valence-corrected chi connectivity index (χ2v) is 5.93. The highest BCUT2D eigenvalue weighted by molar-refractivity contribution is 5.80. The Morgan fingerprint density at radius 3 is 3.19 bits per heavy atom. The Labute approximate surface area is 125 Å². The predicted octanol–water partition coefficient (Wildman–Crippen LogP) is 0.538. The summed E-state index contributed by atoms with van der Waals surface area (Å²) in [7, 11) is 1.97. The van der Waals surface area contributed by atoms with Crippen molar-refractivity contribution < 1.29 is 9.53 Å². The number of carbonyl (C=O) groups is 1. The van der Waals surface area contributed by atoms with E-state index in [0.717, 1.165) is 25.8 Å². The molecule has 2 heterocycles. The fourth-order valence-corrected chi connectivity index (χ4v) is 3.41. The monoisotopic (exact) mass is 292 g/mol. The molecule has 1 fully saturated rings. The maximum atomic E-state index is 12.6. The number of nitrogens with one attached hydrogen (secondary N) is 2. The molecule has 3 rings (SSSR count). The second-order valence-electron chi connectivity index (χ2n) is 5.93. The van der Waals surface area contributed by atoms with Crippen molar-refractivity contribution in [3.63, 3.8) is 0 Å². The van der Waals surface area contributed by atoms with Crippen LogP contribution in [0.1, 0.15) is 37.1 Å². The first-order valence-corrected chi connectivity index (χ1v) is 7.83. The van der Waals surface area contributed by atoms with Crippen molar-refractivity contribution in [3.8, 4) is 0 Å². The standard InChI is InChI=1S/C15H24N4O2/c1-3-16-13-9-21-8-11(13)15(20)18-12-5-4-6-14-10(12)7-17-19(14)2/h7,11-13,16H,3-6,8-9H2,1-2H3,(H,18,20). The van der Waals surface area contributed by atoms with Gasteiger partial charge in [0.2, 0.25) is 5.91 Å². The molecule has 116 valence electrons. The van der Waals surface area contributed by atoms with E-state index in [1.807, 2.05) is 17.9 Å². The number of likely N-dealkylation sites (N-methyl/N-ethyl adjacent to an activating group) is 1. The number of amides is 1. The molecule has 0 radical (unpaired) electrons. The van der Waals surface area contributed by atoms with Crippen LogP contribution in [0.25, 0.3) is 0 Å². The summed E-state index contributed by atoms with van der Waals surface area (Å²) in [5.41, 5.74) is 2.42. The van der Waals surface area contributed by atoms with Crippen molar-refractivity contribution in [3.05, 3.63) is 17.5 Å². The van der Waals surface area contributed by atoms with Crippen molar-refractivity contribution in [2.24, 2.45) is 13.0 Å². The summed E-state index contributed by atoms with van der Waals surface area (Å²) in [6, 6.07) is 0.227. The Kier molecular flexibility index (Phi) is 4.26. The van der Waals surface area contributed by atoms with Crippen LogP contribution in [-0.4, -0.2) is 41.5 Å². The van der Waals surface area contributed by atoms with Crippen LogP contribution in [0.15, 0.2) is 6.20 Å². The highest BCUT2D eigenvalue weighted by Gasteiger charge is 2.35. The molecule has 0 spiro atoms. The zero-order valence-electron chi connectivity index (χ0n) is 12.8. The molecule has 3 atom stereocenters. The number of hydrogen-bond donors (Lipinski definition) is 2. The fourth-order valence-electron chi connectivity index (χ4n) is 3.41. The minimum atomic E-state index is -0.0907. The lowest BCUT2D eigenvalue weighted by atomic mass is 9.92. The number of nitrogens with zero attached hydrogens (tertiary/aromatic N) is 2. The number of rotatable bonds is 4. The number of aryl methyl sites for hydroxylation is 1. The van der Waals surface area contributed by atoms with E-state index in [-0.39, 0.29) is 23.9 Å². The number of hydrogen-bond acceptors (Lipinski definition) is 4. The first-order valence-electron chi connectivity index (χ1n) is 7.83. The molecule has 6 heteroatoms. The lowest BCUT2D eigenvalue weighted by molar-refractivity contribution is -0.126. The van der Waals surface area contributed by atoms with Crippen LogP contribution in [0.4, 0.5) is 0 Å². The lowest BCUT2D eigenvalue weighted by Crippen LogP contribution is -2.45. The molecule has 1 aliphatic carbocycles. The number of ether oxygens (including phenoxy) is 1. The molecule has 3 unspecified atom stereocenters. The van der Waals surface area contributed by atoms with Gasteiger partial charge in [-0.3, -0.25) is 9.48 Å². The summed E-state index contributed by atoms with van der Waals surface area (Å²) in [5.74, 6) is 0.00662. The van der Waals surface area contributed by atoms with E-state index in [9.17, 15) is 4.79 Å². The van der Waals surface area contributed by atoms with Gasteiger partial charge in [0.05, 0.1) is 31.4 Å². The van der Waals surface area contributed by atoms with E-state index in [1.54, 1.807) is 0 Å². The summed E-state index contributed by atoms with van der Waals surface area (Å²) in [5, 5.41) is 10.9. The zero-order valence-corrected chi connectivity index (χ0v) is 12.8. The molecule has 1 saturated heterocycles. The lowest BCUT2D eigenvalue weighted by Gasteiger charge is -2.26. The molecule has 2 aliphatic rings. The van der Waals surface area contributed by atoms with E-state index in [1.165, 1.54) is 11.3 Å². The van der Waals surface area contributed by atoms with Gasteiger partial charge in [0, 0.05) is 24.3 Å². The van der Waals surface area contributed by atoms with Gasteiger partial charge < -0.3 is 15.4 Å². The Bertz CT molecular complexity index is 514. The third kappa shape index (κ3) is 2.82. The van der Waals surface area contributed by atoms with Gasteiger partial charge in [0.1, 0.15) is 0 Å². The third-order valence-electron chi connectivity index (χ3n) is 4.58. The summed E-state index contributed by atoms with van der Waals surface area (Å²) >= 11 is 0. The van der Waals surface area contributed by atoms with Crippen molar-refractivity contribution in [1.82, 2.24) is 20.4 Å². The quantitative estimate of drug-likeness (QED) is 0.850. The first-order chi connectivity index (χ1) is 10.2. The summed E-state index contributed by atoms with van der Waals surface area (Å²) in [6.45, 7) is 4.04. The average molecular weight is 292 g/mol. The minimum Gasteiger partial charge on any atom is -0.379 e. The molecule has 6 nitrogen and oxygen atoms in total. The van der Waals surface area contributed by atoms with Crippen LogP contribution in [0.5, 0.6) is 0 Å². The van der Waals surface area contributed by atoms with E-state index >= 15 is 0 Å². The average Bonchev–Trinajstić information content (AvgIpc) is 3.08. The van der Waals surface area contributed by atoms with Crippen LogP contribution < -0.4 is 10.6 Å². The van der Waals surface area contributed by atoms with Crippen molar-refractivity contribution in [2.45, 2.75) is 38.3 Å². The van der Waals surface area contributed by atoms with Gasteiger partial charge in [-0.1, -0.05) is 6.92 Å². The van der Waals surface area contributed by atoms with E-state index in [2.05, 4.69) is 22.7 Å². The van der Waals surface area contributed by atoms with E-state index in [0.29, 0.717) is 13.2 Å². The maximum Gasteiger partial charge on any atom is 0.227 e. The van der Waals surface area contributed by atoms with Crippen LogP contribution in [0.2, 0.25) is 0 Å². The molecule has 0 bridgehead atoms. The third-order valence-corrected chi connectivity index (χ3v) is 4.58. The maximum absolute atomic E-state index is 12.6. The van der Waals surface area contributed by atoms with Gasteiger partial charge in [-0.15, -0.1) is 0 Å². The molecule has 1 amide bonds. The highest BCUT2D eigenvalue weighted by Crippen LogP contribution is 2.29. The van der Waals surface area contributed by atoms with Crippen LogP contribution >= 0.6 is 0 Å². The molecule has 1 aliphatic heterocycles. The Balaban J connectivity index is 1.68. The van der Waals surface area contributed by atoms with Crippen LogP contribution in [-0.2, 0) is 23.0 Å². The topological polar surface area (TPSA) is 68.2 Å². The molecule has 1 aromatic rings. The van der Waals surface area contributed by atoms with Crippen molar-refractivity contribution >= 4 is 5.91 Å². The molecular formula is C15H24N4O2. The smallest absolute Gasteiger partial charge is 0.227 e. The molecule has 0 saturated carbocycles. The van der Waals surface area contributed by atoms with E-state index in [4.69, 9.17) is 4.74 Å². The van der Waals surface area contributed by atoms with Gasteiger partial charge in [0.15, 0.2) is 0 Å². The van der Waals surface area contributed by atoms with Crippen LogP contribution in [0.3, 0.4) is 0 Å². The first kappa shape index (κ1) is 14.5. The molecular weight excluding hydrogens is 268 g/mol. The van der Waals surface area contributed by atoms with Crippen LogP contribution in [0, 0.1) is 5.92 Å². The summed E-state index contributed by atoms with van der Waals surface area (Å²) in [6.07, 6.45) is 5.02. The predicted molar refractivity (Wildman–Crippen MR) is 78.8 cm³/mol. The molecule has 2 N–H and O–H groups in total. The van der Waals surface area contributed by atoms with E-state index < -0.39 is 0 Å². The Morgan fingerprint density at radius 2 is 2.38 bits per heavy atom. The highest BCUT2D eigenvalue weighted by atomic mass is 16.5. The van der Waals surface area contributed by atoms with Crippen molar-refractivity contribution in [2.75, 3.05) is 19.8 Å². The largest absolute Gasteiger partial charge is 0.379 e. The number of carbonyl (C=O) groups excluding carboxylic acids is 1. The number of aromatic nitrogens is 2. The second kappa shape index (κ2) is 6.15. The van der Waals surface area contributed by atoms with Gasteiger partial charge in [0.25, 0.3) is 0 Å². The SMILES string of the molecule is CCNC1COCC1C(=O)NC1CCCc2c1cnn2C. The van der Waals surface area contributed by atoms with Gasteiger partial charge >= 0.3 is 0 Å². The number of fused-ring (bicyclic) bond motifs is 1. The van der Waals surface area contributed by atoms with Crippen molar-refractivity contribution in [1.29, 1.82) is 0 Å². The van der Waals surface area contributed by atoms with Gasteiger partial charge in [-0.25, -0.2) is 0 Å². The minimum absolute atomic E-state index is 0.0907. The molecule has 1 aromatic heterocycles. The van der Waals surface area contributed by atoms with Gasteiger partial charge in [-0.05, 0) is 25.8 Å². The normalized spacial score (nSPS) is 28.4. The fraction of sp³-hybridized carbons (Fsp3) is 0.733. The summed E-state index contributed by atoms with van der Waals surface area (Å²) in [4.78, 5) is 12.6. The molecule has 0 aromatic carbocycles. The molecule has 21 heavy (non-hydrogen) atoms. The Hall–Kier alpha value is -1.40.